The van der Waals surface area contributed by atoms with Crippen molar-refractivity contribution in [1.29, 1.82) is 0 Å². The SMILES string of the molecule is C[Si](C)(C)CCOCn1c(C2CC2)nc(-c2cccc(N)c2F)c1-c1ccnc(Cl)n1. The van der Waals surface area contributed by atoms with Crippen molar-refractivity contribution in [3.8, 4) is 22.6 Å². The van der Waals surface area contributed by atoms with Crippen molar-refractivity contribution in [2.75, 3.05) is 12.3 Å². The van der Waals surface area contributed by atoms with Crippen LogP contribution in [0.1, 0.15) is 24.6 Å². The zero-order valence-electron chi connectivity index (χ0n) is 18.0. The van der Waals surface area contributed by atoms with Gasteiger partial charge in [-0.1, -0.05) is 25.7 Å². The second kappa shape index (κ2) is 8.68. The van der Waals surface area contributed by atoms with Crippen molar-refractivity contribution in [1.82, 2.24) is 19.5 Å². The Balaban J connectivity index is 1.82. The predicted octanol–water partition coefficient (Wildman–Crippen LogP) is 5.57. The molecule has 31 heavy (non-hydrogen) atoms. The summed E-state index contributed by atoms with van der Waals surface area (Å²) in [7, 11) is -1.22. The molecule has 0 radical (unpaired) electrons. The van der Waals surface area contributed by atoms with E-state index in [2.05, 4.69) is 29.6 Å². The summed E-state index contributed by atoms with van der Waals surface area (Å²) in [6.45, 7) is 7.95. The largest absolute Gasteiger partial charge is 0.396 e. The van der Waals surface area contributed by atoms with Gasteiger partial charge in [0.05, 0.1) is 17.1 Å². The summed E-state index contributed by atoms with van der Waals surface area (Å²) >= 11 is 6.09. The van der Waals surface area contributed by atoms with Crippen LogP contribution in [0.3, 0.4) is 0 Å². The van der Waals surface area contributed by atoms with Crippen LogP contribution in [-0.2, 0) is 11.5 Å². The number of hydrogen-bond acceptors (Lipinski definition) is 5. The van der Waals surface area contributed by atoms with Gasteiger partial charge in [0, 0.05) is 32.4 Å². The fourth-order valence-corrected chi connectivity index (χ4v) is 4.34. The van der Waals surface area contributed by atoms with Crippen LogP contribution in [0, 0.1) is 5.82 Å². The highest BCUT2D eigenvalue weighted by Crippen LogP contribution is 2.44. The van der Waals surface area contributed by atoms with Crippen molar-refractivity contribution in [3.63, 3.8) is 0 Å². The van der Waals surface area contributed by atoms with Gasteiger partial charge in [-0.05, 0) is 48.7 Å². The number of imidazole rings is 1. The Labute approximate surface area is 187 Å². The number of nitrogen functional groups attached to an aromatic ring is 1. The molecule has 0 unspecified atom stereocenters. The molecule has 1 saturated carbocycles. The summed E-state index contributed by atoms with van der Waals surface area (Å²) < 4.78 is 23.1. The minimum Gasteiger partial charge on any atom is -0.396 e. The average Bonchev–Trinajstić information content (AvgIpc) is 3.48. The van der Waals surface area contributed by atoms with E-state index < -0.39 is 13.9 Å². The van der Waals surface area contributed by atoms with Crippen molar-refractivity contribution in [2.45, 2.75) is 51.2 Å². The predicted molar refractivity (Wildman–Crippen MR) is 124 cm³/mol. The van der Waals surface area contributed by atoms with E-state index in [0.717, 1.165) is 24.7 Å². The Kier molecular flexibility index (Phi) is 6.14. The summed E-state index contributed by atoms with van der Waals surface area (Å²) in [5, 5.41) is 0.122. The zero-order valence-corrected chi connectivity index (χ0v) is 19.8. The molecular weight excluding hydrogens is 433 g/mol. The number of ether oxygens (including phenoxy) is 1. The van der Waals surface area contributed by atoms with E-state index in [1.54, 1.807) is 30.5 Å². The van der Waals surface area contributed by atoms with Crippen LogP contribution in [0.25, 0.3) is 22.6 Å². The molecule has 4 rings (SSSR count). The lowest BCUT2D eigenvalue weighted by molar-refractivity contribution is 0.0861. The molecule has 0 amide bonds. The molecule has 3 aromatic rings. The highest BCUT2D eigenvalue weighted by Gasteiger charge is 2.33. The van der Waals surface area contributed by atoms with Crippen molar-refractivity contribution in [2.24, 2.45) is 0 Å². The van der Waals surface area contributed by atoms with Crippen LogP contribution in [0.2, 0.25) is 31.0 Å². The van der Waals surface area contributed by atoms with Crippen LogP contribution < -0.4 is 5.73 Å². The number of rotatable bonds is 8. The monoisotopic (exact) mass is 459 g/mol. The maximum absolute atomic E-state index is 15.0. The first-order chi connectivity index (χ1) is 14.7. The maximum Gasteiger partial charge on any atom is 0.222 e. The summed E-state index contributed by atoms with van der Waals surface area (Å²) in [6.07, 6.45) is 3.69. The van der Waals surface area contributed by atoms with Crippen molar-refractivity contribution in [3.05, 3.63) is 47.4 Å². The molecule has 2 heterocycles. The Hall–Kier alpha value is -2.29. The number of hydrogen-bond donors (Lipinski definition) is 1. The topological polar surface area (TPSA) is 78.9 Å². The maximum atomic E-state index is 15.0. The molecule has 0 aliphatic heterocycles. The lowest BCUT2D eigenvalue weighted by Gasteiger charge is -2.17. The van der Waals surface area contributed by atoms with Crippen LogP contribution >= 0.6 is 11.6 Å². The summed E-state index contributed by atoms with van der Waals surface area (Å²) in [6, 6.07) is 7.77. The molecular formula is C22H27ClFN5OSi. The highest BCUT2D eigenvalue weighted by molar-refractivity contribution is 6.76. The Morgan fingerprint density at radius 2 is 2.00 bits per heavy atom. The standard InChI is InChI=1S/C22H27ClFN5OSi/c1-31(2,3)12-11-30-13-29-20(17-9-10-26-22(23)27-17)19(28-21(29)14-7-8-14)15-5-4-6-16(25)18(15)24/h4-6,9-10,14H,7-8,11-13,25H2,1-3H3. The zero-order chi connectivity index (χ0) is 22.2. The van der Waals surface area contributed by atoms with Gasteiger partial charge >= 0.3 is 0 Å². The Morgan fingerprint density at radius 1 is 1.23 bits per heavy atom. The second-order valence-electron chi connectivity index (χ2n) is 9.14. The van der Waals surface area contributed by atoms with Crippen LogP contribution in [0.15, 0.2) is 30.5 Å². The van der Waals surface area contributed by atoms with Crippen LogP contribution in [0.4, 0.5) is 10.1 Å². The summed E-state index contributed by atoms with van der Waals surface area (Å²) in [4.78, 5) is 13.3. The Bertz CT molecular complexity index is 1090. The average molecular weight is 460 g/mol. The third-order valence-corrected chi connectivity index (χ3v) is 7.20. The van der Waals surface area contributed by atoms with Crippen molar-refractivity contribution < 1.29 is 9.13 Å². The van der Waals surface area contributed by atoms with Gasteiger partial charge in [-0.2, -0.15) is 0 Å². The second-order valence-corrected chi connectivity index (χ2v) is 15.1. The van der Waals surface area contributed by atoms with E-state index in [0.29, 0.717) is 41.9 Å². The number of aromatic nitrogens is 4. The number of nitrogens with zero attached hydrogens (tertiary/aromatic N) is 4. The van der Waals surface area contributed by atoms with Crippen molar-refractivity contribution >= 4 is 25.4 Å². The van der Waals surface area contributed by atoms with Gasteiger partial charge in [-0.25, -0.2) is 19.3 Å². The first-order valence-electron chi connectivity index (χ1n) is 10.5. The smallest absolute Gasteiger partial charge is 0.222 e. The third kappa shape index (κ3) is 4.97. The van der Waals surface area contributed by atoms with E-state index >= 15 is 0 Å². The minimum absolute atomic E-state index is 0.0816. The minimum atomic E-state index is -1.22. The quantitative estimate of drug-likeness (QED) is 0.206. The number of anilines is 1. The van der Waals surface area contributed by atoms with Gasteiger partial charge in [0.1, 0.15) is 18.2 Å². The van der Waals surface area contributed by atoms with E-state index in [1.807, 2.05) is 4.57 Å². The van der Waals surface area contributed by atoms with E-state index in [-0.39, 0.29) is 11.0 Å². The van der Waals surface area contributed by atoms with Crippen LogP contribution in [0.5, 0.6) is 0 Å². The summed E-state index contributed by atoms with van der Waals surface area (Å²) in [5.41, 5.74) is 8.01. The number of benzene rings is 1. The molecule has 1 aliphatic rings. The first kappa shape index (κ1) is 21.9. The lowest BCUT2D eigenvalue weighted by atomic mass is 10.1. The third-order valence-electron chi connectivity index (χ3n) is 5.31. The molecule has 0 saturated heterocycles. The molecule has 1 fully saturated rings. The fraction of sp³-hybridized carbons (Fsp3) is 0.409. The number of halogens is 2. The molecule has 0 bridgehead atoms. The Morgan fingerprint density at radius 3 is 2.68 bits per heavy atom. The first-order valence-corrected chi connectivity index (χ1v) is 14.5. The van der Waals surface area contributed by atoms with Gasteiger partial charge in [-0.15, -0.1) is 0 Å². The van der Waals surface area contributed by atoms with E-state index in [9.17, 15) is 4.39 Å². The lowest BCUT2D eigenvalue weighted by Crippen LogP contribution is -2.22. The molecule has 1 aliphatic carbocycles. The normalized spacial score (nSPS) is 14.2. The van der Waals surface area contributed by atoms with Gasteiger partial charge < -0.3 is 15.0 Å². The molecule has 9 heteroatoms. The molecule has 0 spiro atoms. The molecule has 0 atom stereocenters. The molecule has 1 aromatic carbocycles. The van der Waals surface area contributed by atoms with Gasteiger partial charge in [0.2, 0.25) is 5.28 Å². The van der Waals surface area contributed by atoms with E-state index in [1.165, 1.54) is 0 Å². The molecule has 164 valence electrons. The molecule has 6 nitrogen and oxygen atoms in total. The van der Waals surface area contributed by atoms with Gasteiger partial charge in [0.25, 0.3) is 0 Å². The molecule has 2 aromatic heterocycles. The highest BCUT2D eigenvalue weighted by atomic mass is 35.5. The van der Waals surface area contributed by atoms with E-state index in [4.69, 9.17) is 27.1 Å². The van der Waals surface area contributed by atoms with Gasteiger partial charge in [0.15, 0.2) is 5.82 Å². The number of nitrogens with two attached hydrogens (primary N) is 1. The molecule has 2 N–H and O–H groups in total. The summed E-state index contributed by atoms with van der Waals surface area (Å²) in [5.74, 6) is 0.722. The van der Waals surface area contributed by atoms with Crippen LogP contribution in [-0.4, -0.2) is 34.2 Å². The fourth-order valence-electron chi connectivity index (χ4n) is 3.44. The van der Waals surface area contributed by atoms with Gasteiger partial charge in [-0.3, -0.25) is 0 Å².